The summed E-state index contributed by atoms with van der Waals surface area (Å²) in [5.74, 6) is 0.328. The molecule has 0 atom stereocenters. The highest BCUT2D eigenvalue weighted by Crippen LogP contribution is 2.29. The number of hydrogen-bond acceptors (Lipinski definition) is 2. The highest BCUT2D eigenvalue weighted by molar-refractivity contribution is 14.1. The van der Waals surface area contributed by atoms with Crippen molar-refractivity contribution in [1.29, 1.82) is 0 Å². The molecular weight excluding hydrogens is 303 g/mol. The van der Waals surface area contributed by atoms with Crippen LogP contribution in [0.1, 0.15) is 33.3 Å². The van der Waals surface area contributed by atoms with Crippen molar-refractivity contribution in [3.05, 3.63) is 27.3 Å². The van der Waals surface area contributed by atoms with E-state index in [4.69, 9.17) is 4.74 Å². The van der Waals surface area contributed by atoms with E-state index >= 15 is 0 Å². The van der Waals surface area contributed by atoms with E-state index in [0.717, 1.165) is 3.57 Å². The third kappa shape index (κ3) is 3.48. The van der Waals surface area contributed by atoms with Gasteiger partial charge in [-0.3, -0.25) is 4.79 Å². The molecule has 0 unspecified atom stereocenters. The first-order chi connectivity index (χ1) is 6.80. The molecular formula is C12H15IO2. The summed E-state index contributed by atoms with van der Waals surface area (Å²) in [6.45, 7) is 7.90. The second-order valence-electron chi connectivity index (χ2n) is 4.49. The predicted octanol–water partition coefficient (Wildman–Crippen LogP) is 3.51. The molecule has 0 saturated heterocycles. The van der Waals surface area contributed by atoms with Crippen LogP contribution in [-0.4, -0.2) is 5.97 Å². The molecule has 0 aliphatic carbocycles. The molecule has 0 N–H and O–H groups in total. The Hall–Kier alpha value is -0.580. The third-order valence-electron chi connectivity index (χ3n) is 2.01. The molecule has 3 heteroatoms. The minimum Gasteiger partial charge on any atom is -0.427 e. The van der Waals surface area contributed by atoms with E-state index in [2.05, 4.69) is 43.4 Å². The Morgan fingerprint density at radius 1 is 1.33 bits per heavy atom. The zero-order valence-electron chi connectivity index (χ0n) is 9.43. The van der Waals surface area contributed by atoms with Crippen molar-refractivity contribution >= 4 is 28.6 Å². The second-order valence-corrected chi connectivity index (χ2v) is 5.65. The Labute approximate surface area is 104 Å². The number of esters is 1. The van der Waals surface area contributed by atoms with Gasteiger partial charge >= 0.3 is 5.97 Å². The largest absolute Gasteiger partial charge is 0.427 e. The standard InChI is InChI=1S/C12H15IO2/c1-8(14)15-9-5-6-10(11(13)7-9)12(2,3)4/h5-7H,1-4H3. The maximum Gasteiger partial charge on any atom is 0.308 e. The molecule has 0 aromatic heterocycles. The van der Waals surface area contributed by atoms with Crippen LogP contribution < -0.4 is 4.74 Å². The fourth-order valence-electron chi connectivity index (χ4n) is 1.33. The van der Waals surface area contributed by atoms with E-state index in [-0.39, 0.29) is 11.4 Å². The molecule has 0 bridgehead atoms. The van der Waals surface area contributed by atoms with Gasteiger partial charge in [-0.1, -0.05) is 26.8 Å². The Balaban J connectivity index is 3.04. The van der Waals surface area contributed by atoms with Crippen molar-refractivity contribution in [3.63, 3.8) is 0 Å². The van der Waals surface area contributed by atoms with Crippen LogP contribution in [0.3, 0.4) is 0 Å². The molecule has 2 nitrogen and oxygen atoms in total. The zero-order chi connectivity index (χ0) is 11.6. The predicted molar refractivity (Wildman–Crippen MR) is 69.2 cm³/mol. The van der Waals surface area contributed by atoms with Gasteiger partial charge in [0.15, 0.2) is 0 Å². The van der Waals surface area contributed by atoms with Gasteiger partial charge in [-0.25, -0.2) is 0 Å². The molecule has 0 amide bonds. The molecule has 0 aliphatic heterocycles. The molecule has 0 radical (unpaired) electrons. The van der Waals surface area contributed by atoms with Crippen LogP contribution in [0.15, 0.2) is 18.2 Å². The molecule has 15 heavy (non-hydrogen) atoms. The summed E-state index contributed by atoms with van der Waals surface area (Å²) >= 11 is 2.27. The molecule has 0 heterocycles. The van der Waals surface area contributed by atoms with Gasteiger partial charge < -0.3 is 4.74 Å². The first-order valence-corrected chi connectivity index (χ1v) is 5.87. The molecule has 1 rings (SSSR count). The zero-order valence-corrected chi connectivity index (χ0v) is 11.6. The lowest BCUT2D eigenvalue weighted by Gasteiger charge is -2.21. The van der Waals surface area contributed by atoms with Crippen molar-refractivity contribution in [1.82, 2.24) is 0 Å². The minimum atomic E-state index is -0.283. The maximum absolute atomic E-state index is 10.8. The van der Waals surface area contributed by atoms with Crippen LogP contribution >= 0.6 is 22.6 Å². The monoisotopic (exact) mass is 318 g/mol. The van der Waals surface area contributed by atoms with Gasteiger partial charge in [-0.2, -0.15) is 0 Å². The Morgan fingerprint density at radius 2 is 1.93 bits per heavy atom. The van der Waals surface area contributed by atoms with Crippen molar-refractivity contribution in [2.24, 2.45) is 0 Å². The summed E-state index contributed by atoms with van der Waals surface area (Å²) in [5.41, 5.74) is 1.38. The topological polar surface area (TPSA) is 26.3 Å². The number of halogens is 1. The number of ether oxygens (including phenoxy) is 1. The summed E-state index contributed by atoms with van der Waals surface area (Å²) in [6.07, 6.45) is 0. The summed E-state index contributed by atoms with van der Waals surface area (Å²) in [6, 6.07) is 5.74. The molecule has 0 saturated carbocycles. The van der Waals surface area contributed by atoms with Gasteiger partial charge in [0.1, 0.15) is 5.75 Å². The Kier molecular flexibility index (Phi) is 3.76. The highest BCUT2D eigenvalue weighted by Gasteiger charge is 2.17. The van der Waals surface area contributed by atoms with Crippen molar-refractivity contribution in [2.45, 2.75) is 33.1 Å². The lowest BCUT2D eigenvalue weighted by molar-refractivity contribution is -0.131. The van der Waals surface area contributed by atoms with Crippen molar-refractivity contribution < 1.29 is 9.53 Å². The quantitative estimate of drug-likeness (QED) is 0.450. The van der Waals surface area contributed by atoms with Crippen LogP contribution in [0, 0.1) is 3.57 Å². The molecule has 0 spiro atoms. The number of rotatable bonds is 1. The van der Waals surface area contributed by atoms with E-state index in [1.807, 2.05) is 18.2 Å². The normalized spacial score (nSPS) is 11.3. The number of hydrogen-bond donors (Lipinski definition) is 0. The number of carbonyl (C=O) groups is 1. The van der Waals surface area contributed by atoms with Crippen molar-refractivity contribution in [3.8, 4) is 5.75 Å². The van der Waals surface area contributed by atoms with Gasteiger partial charge in [0, 0.05) is 10.5 Å². The molecule has 0 aliphatic rings. The fourth-order valence-corrected chi connectivity index (χ4v) is 2.63. The summed E-state index contributed by atoms with van der Waals surface area (Å²) in [4.78, 5) is 10.8. The third-order valence-corrected chi connectivity index (χ3v) is 2.90. The first kappa shape index (κ1) is 12.5. The summed E-state index contributed by atoms with van der Waals surface area (Å²) in [7, 11) is 0. The SMILES string of the molecule is CC(=O)Oc1ccc(C(C)(C)C)c(I)c1. The maximum atomic E-state index is 10.8. The second kappa shape index (κ2) is 4.51. The number of carbonyl (C=O) groups excluding carboxylic acids is 1. The Bertz CT molecular complexity index is 378. The highest BCUT2D eigenvalue weighted by atomic mass is 127. The summed E-state index contributed by atoms with van der Waals surface area (Å²) in [5, 5.41) is 0. The van der Waals surface area contributed by atoms with Crippen LogP contribution in [0.4, 0.5) is 0 Å². The van der Waals surface area contributed by atoms with E-state index in [0.29, 0.717) is 5.75 Å². The van der Waals surface area contributed by atoms with E-state index in [1.165, 1.54) is 12.5 Å². The van der Waals surface area contributed by atoms with Crippen LogP contribution in [-0.2, 0) is 10.2 Å². The minimum absolute atomic E-state index is 0.116. The lowest BCUT2D eigenvalue weighted by atomic mass is 9.87. The van der Waals surface area contributed by atoms with Crippen molar-refractivity contribution in [2.75, 3.05) is 0 Å². The van der Waals surface area contributed by atoms with Crippen LogP contribution in [0.2, 0.25) is 0 Å². The van der Waals surface area contributed by atoms with E-state index < -0.39 is 0 Å². The average Bonchev–Trinajstić information content (AvgIpc) is 1.99. The average molecular weight is 318 g/mol. The van der Waals surface area contributed by atoms with Gasteiger partial charge in [0.2, 0.25) is 0 Å². The molecule has 1 aromatic rings. The van der Waals surface area contributed by atoms with Gasteiger partial charge in [0.05, 0.1) is 0 Å². The van der Waals surface area contributed by atoms with Gasteiger partial charge in [-0.05, 0) is 45.7 Å². The van der Waals surface area contributed by atoms with Crippen LogP contribution in [0.25, 0.3) is 0 Å². The van der Waals surface area contributed by atoms with Gasteiger partial charge in [-0.15, -0.1) is 0 Å². The number of benzene rings is 1. The van der Waals surface area contributed by atoms with Crippen LogP contribution in [0.5, 0.6) is 5.75 Å². The smallest absolute Gasteiger partial charge is 0.308 e. The van der Waals surface area contributed by atoms with E-state index in [9.17, 15) is 4.79 Å². The first-order valence-electron chi connectivity index (χ1n) is 4.79. The van der Waals surface area contributed by atoms with Gasteiger partial charge in [0.25, 0.3) is 0 Å². The molecule has 1 aromatic carbocycles. The fraction of sp³-hybridized carbons (Fsp3) is 0.417. The summed E-state index contributed by atoms with van der Waals surface area (Å²) < 4.78 is 6.14. The molecule has 0 fully saturated rings. The Morgan fingerprint density at radius 3 is 2.33 bits per heavy atom. The van der Waals surface area contributed by atoms with E-state index in [1.54, 1.807) is 0 Å². The molecule has 82 valence electrons. The lowest BCUT2D eigenvalue weighted by Crippen LogP contribution is -2.13.